The fourth-order valence-electron chi connectivity index (χ4n) is 3.36. The standard InChI is InChI=1S/C20H24N2O4S/c1-14-4-8-19(15(2)12-14)27(24,25)21-17-6-7-18-16(13-17)5-9-20(23)22(18)10-11-26-3/h4,6-8,12-13,21H,5,9-11H2,1-3H3. The Kier molecular flexibility index (Phi) is 5.53. The minimum Gasteiger partial charge on any atom is -0.383 e. The number of rotatable bonds is 6. The van der Waals surface area contributed by atoms with Crippen molar-refractivity contribution in [1.29, 1.82) is 0 Å². The Morgan fingerprint density at radius 2 is 1.89 bits per heavy atom. The Hall–Kier alpha value is -2.38. The van der Waals surface area contributed by atoms with Crippen molar-refractivity contribution in [1.82, 2.24) is 0 Å². The molecule has 0 saturated carbocycles. The molecule has 0 spiro atoms. The van der Waals surface area contributed by atoms with Crippen LogP contribution in [-0.2, 0) is 26.0 Å². The van der Waals surface area contributed by atoms with E-state index in [2.05, 4.69) is 4.72 Å². The van der Waals surface area contributed by atoms with E-state index in [1.54, 1.807) is 43.2 Å². The van der Waals surface area contributed by atoms with Crippen molar-refractivity contribution in [3.8, 4) is 0 Å². The van der Waals surface area contributed by atoms with E-state index in [9.17, 15) is 13.2 Å². The first kappa shape index (κ1) is 19.4. The lowest BCUT2D eigenvalue weighted by molar-refractivity contribution is -0.119. The van der Waals surface area contributed by atoms with Crippen molar-refractivity contribution in [2.24, 2.45) is 0 Å². The summed E-state index contributed by atoms with van der Waals surface area (Å²) in [7, 11) is -2.08. The van der Waals surface area contributed by atoms with E-state index in [4.69, 9.17) is 4.74 Å². The number of sulfonamides is 1. The van der Waals surface area contributed by atoms with Crippen molar-refractivity contribution in [3.63, 3.8) is 0 Å². The summed E-state index contributed by atoms with van der Waals surface area (Å²) >= 11 is 0. The Bertz CT molecular complexity index is 970. The number of anilines is 2. The Labute approximate surface area is 160 Å². The van der Waals surface area contributed by atoms with E-state index in [1.165, 1.54) is 0 Å². The summed E-state index contributed by atoms with van der Waals surface area (Å²) in [5.74, 6) is 0.0585. The Morgan fingerprint density at radius 3 is 2.59 bits per heavy atom. The molecule has 1 amide bonds. The number of carbonyl (C=O) groups is 1. The van der Waals surface area contributed by atoms with Crippen LogP contribution in [0.2, 0.25) is 0 Å². The lowest BCUT2D eigenvalue weighted by Gasteiger charge is -2.29. The van der Waals surface area contributed by atoms with Gasteiger partial charge in [0.15, 0.2) is 0 Å². The molecule has 7 heteroatoms. The van der Waals surface area contributed by atoms with Crippen LogP contribution >= 0.6 is 0 Å². The Morgan fingerprint density at radius 1 is 1.11 bits per heavy atom. The summed E-state index contributed by atoms with van der Waals surface area (Å²) in [6.07, 6.45) is 1.00. The third kappa shape index (κ3) is 4.14. The van der Waals surface area contributed by atoms with Gasteiger partial charge in [-0.1, -0.05) is 17.7 Å². The van der Waals surface area contributed by atoms with Gasteiger partial charge in [0.1, 0.15) is 0 Å². The number of hydrogen-bond acceptors (Lipinski definition) is 4. The highest BCUT2D eigenvalue weighted by Gasteiger charge is 2.25. The summed E-state index contributed by atoms with van der Waals surface area (Å²) < 4.78 is 33.3. The molecule has 0 saturated heterocycles. The molecule has 1 N–H and O–H groups in total. The number of nitrogens with zero attached hydrogens (tertiary/aromatic N) is 1. The first-order chi connectivity index (χ1) is 12.8. The molecule has 3 rings (SSSR count). The van der Waals surface area contributed by atoms with Crippen LogP contribution in [-0.4, -0.2) is 34.6 Å². The topological polar surface area (TPSA) is 75.7 Å². The number of ether oxygens (including phenoxy) is 1. The van der Waals surface area contributed by atoms with Gasteiger partial charge in [-0.05, 0) is 55.7 Å². The summed E-state index contributed by atoms with van der Waals surface area (Å²) in [6, 6.07) is 10.5. The zero-order chi connectivity index (χ0) is 19.6. The van der Waals surface area contributed by atoms with Gasteiger partial charge in [-0.25, -0.2) is 8.42 Å². The molecular formula is C20H24N2O4S. The summed E-state index contributed by atoms with van der Waals surface area (Å²) in [4.78, 5) is 14.2. The minimum atomic E-state index is -3.68. The van der Waals surface area contributed by atoms with Gasteiger partial charge in [0, 0.05) is 31.5 Å². The molecule has 1 aliphatic heterocycles. The SMILES string of the molecule is COCCN1C(=O)CCc2cc(NS(=O)(=O)c3ccc(C)cc3C)ccc21. The van der Waals surface area contributed by atoms with E-state index >= 15 is 0 Å². The van der Waals surface area contributed by atoms with Crippen LogP contribution in [0.15, 0.2) is 41.3 Å². The van der Waals surface area contributed by atoms with Gasteiger partial charge >= 0.3 is 0 Å². The monoisotopic (exact) mass is 388 g/mol. The first-order valence-corrected chi connectivity index (χ1v) is 10.3. The molecule has 0 bridgehead atoms. The first-order valence-electron chi connectivity index (χ1n) is 8.84. The Balaban J connectivity index is 1.88. The maximum absolute atomic E-state index is 12.8. The second kappa shape index (κ2) is 7.70. The molecule has 2 aromatic rings. The third-order valence-electron chi connectivity index (χ3n) is 4.67. The van der Waals surface area contributed by atoms with Crippen LogP contribution in [0.5, 0.6) is 0 Å². The quantitative estimate of drug-likeness (QED) is 0.825. The van der Waals surface area contributed by atoms with Crippen LogP contribution in [0.25, 0.3) is 0 Å². The van der Waals surface area contributed by atoms with Crippen molar-refractivity contribution < 1.29 is 17.9 Å². The number of amides is 1. The van der Waals surface area contributed by atoms with Crippen molar-refractivity contribution in [2.75, 3.05) is 29.9 Å². The van der Waals surface area contributed by atoms with Crippen molar-refractivity contribution >= 4 is 27.3 Å². The van der Waals surface area contributed by atoms with Crippen LogP contribution in [0, 0.1) is 13.8 Å². The smallest absolute Gasteiger partial charge is 0.262 e. The highest BCUT2D eigenvalue weighted by Crippen LogP contribution is 2.31. The molecule has 1 aliphatic rings. The van der Waals surface area contributed by atoms with Crippen LogP contribution in [0.3, 0.4) is 0 Å². The fourth-order valence-corrected chi connectivity index (χ4v) is 4.64. The van der Waals surface area contributed by atoms with Gasteiger partial charge in [-0.15, -0.1) is 0 Å². The van der Waals surface area contributed by atoms with Gasteiger partial charge in [-0.3, -0.25) is 9.52 Å². The predicted octanol–water partition coefficient (Wildman–Crippen LogP) is 3.03. The van der Waals surface area contributed by atoms with Crippen LogP contribution < -0.4 is 9.62 Å². The van der Waals surface area contributed by atoms with Gasteiger partial charge in [-0.2, -0.15) is 0 Å². The maximum atomic E-state index is 12.8. The van der Waals surface area contributed by atoms with E-state index in [1.807, 2.05) is 19.1 Å². The lowest BCUT2D eigenvalue weighted by atomic mass is 10.0. The fraction of sp³-hybridized carbons (Fsp3) is 0.350. The van der Waals surface area contributed by atoms with Crippen LogP contribution in [0.4, 0.5) is 11.4 Å². The number of methoxy groups -OCH3 is 1. The maximum Gasteiger partial charge on any atom is 0.262 e. The molecule has 0 aromatic heterocycles. The van der Waals surface area contributed by atoms with Crippen molar-refractivity contribution in [2.45, 2.75) is 31.6 Å². The molecule has 6 nitrogen and oxygen atoms in total. The lowest BCUT2D eigenvalue weighted by Crippen LogP contribution is -2.37. The summed E-state index contributed by atoms with van der Waals surface area (Å²) in [6.45, 7) is 4.65. The average molecular weight is 388 g/mol. The number of carbonyl (C=O) groups excluding carboxylic acids is 1. The van der Waals surface area contributed by atoms with Crippen molar-refractivity contribution in [3.05, 3.63) is 53.1 Å². The second-order valence-corrected chi connectivity index (χ2v) is 8.41. The molecule has 0 fully saturated rings. The van der Waals surface area contributed by atoms with Gasteiger partial charge in [0.25, 0.3) is 10.0 Å². The van der Waals surface area contributed by atoms with E-state index < -0.39 is 10.0 Å². The van der Waals surface area contributed by atoms with E-state index in [-0.39, 0.29) is 10.8 Å². The third-order valence-corrected chi connectivity index (χ3v) is 6.21. The minimum absolute atomic E-state index is 0.0585. The predicted molar refractivity (Wildman–Crippen MR) is 106 cm³/mol. The number of benzene rings is 2. The molecule has 27 heavy (non-hydrogen) atoms. The zero-order valence-corrected chi connectivity index (χ0v) is 16.6. The summed E-state index contributed by atoms with van der Waals surface area (Å²) in [5, 5.41) is 0. The highest BCUT2D eigenvalue weighted by atomic mass is 32.2. The number of aryl methyl sites for hydroxylation is 3. The molecular weight excluding hydrogens is 364 g/mol. The van der Waals surface area contributed by atoms with E-state index in [0.29, 0.717) is 37.2 Å². The van der Waals surface area contributed by atoms with Crippen LogP contribution in [0.1, 0.15) is 23.1 Å². The number of nitrogens with one attached hydrogen (secondary N) is 1. The second-order valence-electron chi connectivity index (χ2n) is 6.76. The molecule has 2 aromatic carbocycles. The number of fused-ring (bicyclic) bond motifs is 1. The largest absolute Gasteiger partial charge is 0.383 e. The highest BCUT2D eigenvalue weighted by molar-refractivity contribution is 7.92. The van der Waals surface area contributed by atoms with Gasteiger partial charge in [0.05, 0.1) is 11.5 Å². The molecule has 0 aliphatic carbocycles. The molecule has 144 valence electrons. The average Bonchev–Trinajstić information content (AvgIpc) is 2.60. The number of hydrogen-bond donors (Lipinski definition) is 1. The molecule has 0 unspecified atom stereocenters. The van der Waals surface area contributed by atoms with Gasteiger partial charge < -0.3 is 9.64 Å². The summed E-state index contributed by atoms with van der Waals surface area (Å²) in [5.41, 5.74) is 3.98. The molecule has 0 atom stereocenters. The van der Waals surface area contributed by atoms with E-state index in [0.717, 1.165) is 16.8 Å². The molecule has 1 heterocycles. The van der Waals surface area contributed by atoms with Gasteiger partial charge in [0.2, 0.25) is 5.91 Å². The normalized spacial score (nSPS) is 14.2. The molecule has 0 radical (unpaired) electrons. The zero-order valence-electron chi connectivity index (χ0n) is 15.8.